The fraction of sp³-hybridized carbons (Fsp3) is 0.435. The van der Waals surface area contributed by atoms with Crippen molar-refractivity contribution in [2.45, 2.75) is 18.6 Å². The summed E-state index contributed by atoms with van der Waals surface area (Å²) in [6.07, 6.45) is 1.15. The molecule has 2 aromatic carbocycles. The lowest BCUT2D eigenvalue weighted by atomic mass is 9.96. The van der Waals surface area contributed by atoms with Crippen molar-refractivity contribution in [1.29, 1.82) is 0 Å². The van der Waals surface area contributed by atoms with E-state index in [1.54, 1.807) is 0 Å². The number of hydrogen-bond donors (Lipinski definition) is 0. The van der Waals surface area contributed by atoms with Crippen LogP contribution in [0.5, 0.6) is 0 Å². The predicted molar refractivity (Wildman–Crippen MR) is 131 cm³/mol. The fourth-order valence-corrected chi connectivity index (χ4v) is 6.61. The molecule has 0 bridgehead atoms. The van der Waals surface area contributed by atoms with Crippen LogP contribution in [0, 0.1) is 5.92 Å². The van der Waals surface area contributed by atoms with Gasteiger partial charge in [0.2, 0.25) is 15.9 Å². The number of piperidine rings is 1. The quantitative estimate of drug-likeness (QED) is 0.575. The van der Waals surface area contributed by atoms with Gasteiger partial charge in [0.25, 0.3) is 0 Å². The van der Waals surface area contributed by atoms with E-state index in [-0.39, 0.29) is 17.6 Å². The molecule has 1 amide bonds. The number of nitrogens with zero attached hydrogens (tertiary/aromatic N) is 3. The van der Waals surface area contributed by atoms with Crippen molar-refractivity contribution in [2.75, 3.05) is 44.2 Å². The van der Waals surface area contributed by atoms with E-state index in [9.17, 15) is 13.2 Å². The van der Waals surface area contributed by atoms with Crippen LogP contribution in [0.3, 0.4) is 0 Å². The van der Waals surface area contributed by atoms with Crippen molar-refractivity contribution in [3.05, 3.63) is 63.6 Å². The molecule has 2 aliphatic rings. The Labute approximate surface area is 203 Å². The lowest BCUT2D eigenvalue weighted by Crippen LogP contribution is -2.52. The van der Waals surface area contributed by atoms with Crippen LogP contribution >= 0.6 is 27.5 Å². The molecule has 4 rings (SSSR count). The van der Waals surface area contributed by atoms with Gasteiger partial charge in [-0.15, -0.1) is 0 Å². The molecule has 0 spiro atoms. The Bertz CT molecular complexity index is 1070. The Morgan fingerprint density at radius 1 is 0.969 bits per heavy atom. The van der Waals surface area contributed by atoms with E-state index >= 15 is 0 Å². The van der Waals surface area contributed by atoms with Gasteiger partial charge >= 0.3 is 0 Å². The van der Waals surface area contributed by atoms with Crippen molar-refractivity contribution in [3.63, 3.8) is 0 Å². The largest absolute Gasteiger partial charge is 0.368 e. The van der Waals surface area contributed by atoms with E-state index in [0.29, 0.717) is 44.0 Å². The second-order valence-electron chi connectivity index (χ2n) is 8.35. The summed E-state index contributed by atoms with van der Waals surface area (Å²) >= 11 is 9.49. The molecule has 2 saturated heterocycles. The van der Waals surface area contributed by atoms with Gasteiger partial charge in [-0.25, -0.2) is 12.7 Å². The van der Waals surface area contributed by atoms with E-state index in [2.05, 4.69) is 20.8 Å². The first kappa shape index (κ1) is 23.5. The maximum Gasteiger partial charge on any atom is 0.225 e. The van der Waals surface area contributed by atoms with Crippen LogP contribution in [0.1, 0.15) is 18.4 Å². The lowest BCUT2D eigenvalue weighted by molar-refractivity contribution is -0.137. The first-order valence-electron chi connectivity index (χ1n) is 10.8. The molecule has 0 N–H and O–H groups in total. The zero-order valence-electron chi connectivity index (χ0n) is 17.8. The minimum atomic E-state index is -3.40. The monoisotopic (exact) mass is 539 g/mol. The topological polar surface area (TPSA) is 60.9 Å². The minimum absolute atomic E-state index is 0.0173. The van der Waals surface area contributed by atoms with Gasteiger partial charge in [-0.2, -0.15) is 0 Å². The van der Waals surface area contributed by atoms with Gasteiger partial charge in [-0.05, 0) is 48.7 Å². The second kappa shape index (κ2) is 10.1. The molecule has 32 heavy (non-hydrogen) atoms. The molecule has 0 aromatic heterocycles. The summed E-state index contributed by atoms with van der Waals surface area (Å²) < 4.78 is 28.1. The molecule has 6 nitrogen and oxygen atoms in total. The smallest absolute Gasteiger partial charge is 0.225 e. The molecule has 172 valence electrons. The van der Waals surface area contributed by atoms with Gasteiger partial charge in [0.15, 0.2) is 0 Å². The molecule has 2 aromatic rings. The van der Waals surface area contributed by atoms with E-state index in [0.717, 1.165) is 28.8 Å². The number of carbonyl (C=O) groups is 1. The van der Waals surface area contributed by atoms with Crippen LogP contribution in [0.2, 0.25) is 5.02 Å². The first-order valence-corrected chi connectivity index (χ1v) is 13.6. The third kappa shape index (κ3) is 5.65. The summed E-state index contributed by atoms with van der Waals surface area (Å²) in [5, 5.41) is 0.711. The van der Waals surface area contributed by atoms with Gasteiger partial charge < -0.3 is 9.80 Å². The van der Waals surface area contributed by atoms with Gasteiger partial charge in [-0.3, -0.25) is 4.79 Å². The number of anilines is 1. The van der Waals surface area contributed by atoms with Crippen molar-refractivity contribution < 1.29 is 13.2 Å². The minimum Gasteiger partial charge on any atom is -0.368 e. The molecule has 0 radical (unpaired) electrons. The molecule has 0 saturated carbocycles. The number of benzene rings is 2. The van der Waals surface area contributed by atoms with Crippen molar-refractivity contribution >= 4 is 49.1 Å². The lowest BCUT2D eigenvalue weighted by Gasteiger charge is -2.39. The molecular formula is C23H27BrClN3O3S. The standard InChI is InChI=1S/C23H27BrClN3O3S/c24-20-4-1-3-18(15-20)17-32(30,31)28-9-7-19(8-10-28)23(29)27-13-11-26(12-14-27)22-6-2-5-21(25)16-22/h1-6,15-16,19H,7-14,17H2. The maximum atomic E-state index is 13.0. The molecule has 2 heterocycles. The van der Waals surface area contributed by atoms with Gasteiger partial charge in [0.1, 0.15) is 0 Å². The Kier molecular flexibility index (Phi) is 7.44. The van der Waals surface area contributed by atoms with Crippen LogP contribution in [0.4, 0.5) is 5.69 Å². The van der Waals surface area contributed by atoms with E-state index in [1.165, 1.54) is 4.31 Å². The highest BCUT2D eigenvalue weighted by Gasteiger charge is 2.34. The van der Waals surface area contributed by atoms with Gasteiger partial charge in [-0.1, -0.05) is 45.7 Å². The van der Waals surface area contributed by atoms with Crippen LogP contribution < -0.4 is 4.90 Å². The average molecular weight is 541 g/mol. The van der Waals surface area contributed by atoms with Crippen molar-refractivity contribution in [1.82, 2.24) is 9.21 Å². The highest BCUT2D eigenvalue weighted by molar-refractivity contribution is 9.10. The fourth-order valence-electron chi connectivity index (χ4n) is 4.43. The molecule has 2 aliphatic heterocycles. The number of carbonyl (C=O) groups excluding carboxylic acids is 1. The number of hydrogen-bond acceptors (Lipinski definition) is 4. The van der Waals surface area contributed by atoms with Gasteiger partial charge in [0, 0.05) is 60.4 Å². The predicted octanol–water partition coefficient (Wildman–Crippen LogP) is 3.99. The van der Waals surface area contributed by atoms with E-state index in [1.807, 2.05) is 53.4 Å². The highest BCUT2D eigenvalue weighted by atomic mass is 79.9. The van der Waals surface area contributed by atoms with Crippen molar-refractivity contribution in [2.24, 2.45) is 5.92 Å². The molecular weight excluding hydrogens is 514 g/mol. The van der Waals surface area contributed by atoms with Crippen molar-refractivity contribution in [3.8, 4) is 0 Å². The summed E-state index contributed by atoms with van der Waals surface area (Å²) in [5.74, 6) is 0.0288. The Morgan fingerprint density at radius 2 is 1.66 bits per heavy atom. The maximum absolute atomic E-state index is 13.0. The second-order valence-corrected chi connectivity index (χ2v) is 11.7. The SMILES string of the molecule is O=C(C1CCN(S(=O)(=O)Cc2cccc(Br)c2)CC1)N1CCN(c2cccc(Cl)c2)CC1. The summed E-state index contributed by atoms with van der Waals surface area (Å²) in [6, 6.07) is 15.1. The van der Waals surface area contributed by atoms with Crippen LogP contribution in [-0.4, -0.2) is 62.8 Å². The normalized spacial score (nSPS) is 18.7. The number of halogens is 2. The van der Waals surface area contributed by atoms with Crippen LogP contribution in [0.25, 0.3) is 0 Å². The number of rotatable bonds is 5. The number of sulfonamides is 1. The number of amides is 1. The highest BCUT2D eigenvalue weighted by Crippen LogP contribution is 2.26. The molecule has 0 atom stereocenters. The molecule has 0 aliphatic carbocycles. The van der Waals surface area contributed by atoms with E-state index in [4.69, 9.17) is 11.6 Å². The Balaban J connectivity index is 1.28. The summed E-state index contributed by atoms with van der Waals surface area (Å²) in [7, 11) is -3.40. The first-order chi connectivity index (χ1) is 15.3. The van der Waals surface area contributed by atoms with Gasteiger partial charge in [0.05, 0.1) is 5.75 Å². The Morgan fingerprint density at radius 3 is 2.31 bits per heavy atom. The summed E-state index contributed by atoms with van der Waals surface area (Å²) in [4.78, 5) is 17.2. The average Bonchev–Trinajstić information content (AvgIpc) is 2.78. The van der Waals surface area contributed by atoms with E-state index < -0.39 is 10.0 Å². The zero-order valence-corrected chi connectivity index (χ0v) is 20.9. The Hall–Kier alpha value is -1.61. The summed E-state index contributed by atoms with van der Waals surface area (Å²) in [5.41, 5.74) is 1.84. The van der Waals surface area contributed by atoms with Crippen LogP contribution in [0.15, 0.2) is 53.0 Å². The molecule has 9 heteroatoms. The number of piperazine rings is 1. The zero-order chi connectivity index (χ0) is 22.7. The molecule has 0 unspecified atom stereocenters. The summed E-state index contributed by atoms with van der Waals surface area (Å²) in [6.45, 7) is 3.68. The third-order valence-electron chi connectivity index (χ3n) is 6.20. The third-order valence-corrected chi connectivity index (χ3v) is 8.78. The van der Waals surface area contributed by atoms with Crippen LogP contribution in [-0.2, 0) is 20.6 Å². The molecule has 2 fully saturated rings.